The number of carbonyl (C=O) groups is 3. The maximum Gasteiger partial charge on any atom is 0.410 e. The SMILES string of the molecule is CCOC(=O)C(Cc1cc2cc(C#N)ccc2s1)(C(=O)OCC)c1ccc(S[C@H]2CCN(C(=O)OC(C)(C)C)C2)cc1. The Hall–Kier alpha value is -3.55. The average Bonchev–Trinajstić information content (AvgIpc) is 3.57. The molecule has 0 unspecified atom stereocenters. The molecule has 1 aliphatic rings. The Morgan fingerprint density at radius 2 is 1.69 bits per heavy atom. The van der Waals surface area contributed by atoms with E-state index in [-0.39, 0.29) is 31.0 Å². The molecule has 2 heterocycles. The maximum absolute atomic E-state index is 13.6. The van der Waals surface area contributed by atoms with Crippen LogP contribution in [-0.2, 0) is 35.6 Å². The van der Waals surface area contributed by atoms with E-state index in [1.807, 2.05) is 45.0 Å². The number of ether oxygens (including phenoxy) is 3. The molecule has 0 saturated carbocycles. The van der Waals surface area contributed by atoms with Gasteiger partial charge in [0.15, 0.2) is 5.41 Å². The molecule has 4 rings (SSSR count). The maximum atomic E-state index is 13.6. The first-order valence-electron chi connectivity index (χ1n) is 14.0. The summed E-state index contributed by atoms with van der Waals surface area (Å²) < 4.78 is 17.4. The average molecular weight is 609 g/mol. The highest BCUT2D eigenvalue weighted by Gasteiger charge is 2.51. The molecule has 1 atom stereocenters. The second-order valence-electron chi connectivity index (χ2n) is 11.1. The van der Waals surface area contributed by atoms with Crippen molar-refractivity contribution in [1.82, 2.24) is 4.90 Å². The number of thioether (sulfide) groups is 1. The second kappa shape index (κ2) is 13.2. The van der Waals surface area contributed by atoms with Gasteiger partial charge in [0.25, 0.3) is 0 Å². The monoisotopic (exact) mass is 608 g/mol. The number of likely N-dealkylation sites (tertiary alicyclic amines) is 1. The largest absolute Gasteiger partial charge is 0.465 e. The summed E-state index contributed by atoms with van der Waals surface area (Å²) >= 11 is 3.12. The summed E-state index contributed by atoms with van der Waals surface area (Å²) in [5, 5.41) is 10.4. The lowest BCUT2D eigenvalue weighted by Gasteiger charge is -2.29. The van der Waals surface area contributed by atoms with Crippen molar-refractivity contribution in [3.8, 4) is 6.07 Å². The number of hydrogen-bond donors (Lipinski definition) is 0. The van der Waals surface area contributed by atoms with Crippen LogP contribution in [0, 0.1) is 11.3 Å². The number of nitriles is 1. The van der Waals surface area contributed by atoms with Crippen molar-refractivity contribution in [2.45, 2.75) is 68.6 Å². The molecular weight excluding hydrogens is 572 g/mol. The number of amides is 1. The van der Waals surface area contributed by atoms with Crippen LogP contribution in [0.15, 0.2) is 53.4 Å². The van der Waals surface area contributed by atoms with Crippen LogP contribution in [0.4, 0.5) is 4.79 Å². The van der Waals surface area contributed by atoms with Crippen LogP contribution in [0.1, 0.15) is 57.0 Å². The van der Waals surface area contributed by atoms with Crippen LogP contribution in [0.3, 0.4) is 0 Å². The van der Waals surface area contributed by atoms with Crippen LogP contribution in [0.2, 0.25) is 0 Å². The molecule has 1 amide bonds. The van der Waals surface area contributed by atoms with Crippen molar-refractivity contribution in [3.63, 3.8) is 0 Å². The standard InChI is InChI=1S/C32H36N2O6S2/c1-6-38-28(35)32(29(36)39-7-2,18-26-17-22-16-21(19-33)8-13-27(22)42-26)23-9-11-24(12-10-23)41-25-14-15-34(20-25)30(37)40-31(3,4)5/h8-13,16-17,25H,6-7,14-15,18,20H2,1-5H3/t25-/m0/s1. The molecule has 0 aliphatic carbocycles. The Morgan fingerprint density at radius 3 is 2.29 bits per heavy atom. The van der Waals surface area contributed by atoms with Gasteiger partial charge in [0.1, 0.15) is 5.60 Å². The zero-order valence-electron chi connectivity index (χ0n) is 24.6. The van der Waals surface area contributed by atoms with Gasteiger partial charge in [0, 0.05) is 39.2 Å². The van der Waals surface area contributed by atoms with Gasteiger partial charge in [-0.1, -0.05) is 12.1 Å². The van der Waals surface area contributed by atoms with Gasteiger partial charge in [-0.3, -0.25) is 9.59 Å². The third-order valence-corrected chi connectivity index (χ3v) is 9.21. The lowest BCUT2D eigenvalue weighted by Crippen LogP contribution is -2.48. The van der Waals surface area contributed by atoms with Gasteiger partial charge in [0.05, 0.1) is 24.8 Å². The molecule has 0 spiro atoms. The van der Waals surface area contributed by atoms with Crippen molar-refractivity contribution in [2.24, 2.45) is 0 Å². The minimum atomic E-state index is -1.70. The molecule has 1 aromatic heterocycles. The van der Waals surface area contributed by atoms with Crippen molar-refractivity contribution >= 4 is 51.2 Å². The summed E-state index contributed by atoms with van der Waals surface area (Å²) in [6, 6.07) is 16.9. The van der Waals surface area contributed by atoms with Gasteiger partial charge in [-0.15, -0.1) is 23.1 Å². The molecule has 8 nitrogen and oxygen atoms in total. The Kier molecular flexibility index (Phi) is 9.85. The summed E-state index contributed by atoms with van der Waals surface area (Å²) in [7, 11) is 0. The Morgan fingerprint density at radius 1 is 1.02 bits per heavy atom. The molecular formula is C32H36N2O6S2. The van der Waals surface area contributed by atoms with E-state index in [9.17, 15) is 19.6 Å². The quantitative estimate of drug-likeness (QED) is 0.154. The first-order valence-corrected chi connectivity index (χ1v) is 15.7. The van der Waals surface area contributed by atoms with Crippen molar-refractivity contribution in [1.29, 1.82) is 5.26 Å². The molecule has 0 bridgehead atoms. The van der Waals surface area contributed by atoms with E-state index in [1.165, 1.54) is 11.3 Å². The molecule has 42 heavy (non-hydrogen) atoms. The molecule has 1 fully saturated rings. The van der Waals surface area contributed by atoms with Crippen LogP contribution in [0.25, 0.3) is 10.1 Å². The van der Waals surface area contributed by atoms with Crippen molar-refractivity contribution < 1.29 is 28.6 Å². The van der Waals surface area contributed by atoms with E-state index in [0.29, 0.717) is 24.2 Å². The van der Waals surface area contributed by atoms with Gasteiger partial charge >= 0.3 is 18.0 Å². The van der Waals surface area contributed by atoms with Gasteiger partial charge < -0.3 is 19.1 Å². The van der Waals surface area contributed by atoms with Gasteiger partial charge in [-0.2, -0.15) is 5.26 Å². The summed E-state index contributed by atoms with van der Waals surface area (Å²) in [5.41, 5.74) is -1.22. The van der Waals surface area contributed by atoms with Crippen LogP contribution in [0.5, 0.6) is 0 Å². The zero-order chi connectivity index (χ0) is 30.5. The molecule has 3 aromatic rings. The number of esters is 2. The zero-order valence-corrected chi connectivity index (χ0v) is 26.2. The normalized spacial score (nSPS) is 15.3. The highest BCUT2D eigenvalue weighted by atomic mass is 32.2. The molecule has 2 aromatic carbocycles. The summed E-state index contributed by atoms with van der Waals surface area (Å²) in [5.74, 6) is -1.33. The van der Waals surface area contributed by atoms with Gasteiger partial charge in [-0.25, -0.2) is 4.79 Å². The number of carbonyl (C=O) groups excluding carboxylic acids is 3. The minimum Gasteiger partial charge on any atom is -0.465 e. The third kappa shape index (κ3) is 7.08. The van der Waals surface area contributed by atoms with Crippen molar-refractivity contribution in [3.05, 3.63) is 64.5 Å². The number of nitrogens with zero attached hydrogens (tertiary/aromatic N) is 2. The topological polar surface area (TPSA) is 106 Å². The van der Waals surface area contributed by atoms with E-state index in [0.717, 1.165) is 26.3 Å². The molecule has 0 radical (unpaired) electrons. The lowest BCUT2D eigenvalue weighted by molar-refractivity contribution is -0.164. The van der Waals surface area contributed by atoms with Crippen LogP contribution in [-0.4, -0.2) is 60.1 Å². The second-order valence-corrected chi connectivity index (χ2v) is 13.6. The van der Waals surface area contributed by atoms with E-state index in [4.69, 9.17) is 14.2 Å². The molecule has 222 valence electrons. The van der Waals surface area contributed by atoms with E-state index < -0.39 is 23.0 Å². The minimum absolute atomic E-state index is 0.0614. The fourth-order valence-corrected chi connectivity index (χ4v) is 7.20. The smallest absolute Gasteiger partial charge is 0.410 e. The summed E-state index contributed by atoms with van der Waals surface area (Å²) in [6.45, 7) is 10.4. The summed E-state index contributed by atoms with van der Waals surface area (Å²) in [4.78, 5) is 43.3. The fraction of sp³-hybridized carbons (Fsp3) is 0.438. The van der Waals surface area contributed by atoms with Gasteiger partial charge in [-0.05, 0) is 88.4 Å². The highest BCUT2D eigenvalue weighted by molar-refractivity contribution is 8.00. The molecule has 1 aliphatic heterocycles. The third-order valence-electron chi connectivity index (χ3n) is 6.83. The van der Waals surface area contributed by atoms with Crippen LogP contribution >= 0.6 is 23.1 Å². The number of fused-ring (bicyclic) bond motifs is 1. The van der Waals surface area contributed by atoms with E-state index in [1.54, 1.807) is 54.8 Å². The number of thiophene rings is 1. The molecule has 10 heteroatoms. The first-order chi connectivity index (χ1) is 20.0. The van der Waals surface area contributed by atoms with Gasteiger partial charge in [0.2, 0.25) is 0 Å². The molecule has 0 N–H and O–H groups in total. The number of hydrogen-bond acceptors (Lipinski definition) is 9. The number of benzene rings is 2. The Balaban J connectivity index is 1.61. The fourth-order valence-electron chi connectivity index (χ4n) is 4.92. The van der Waals surface area contributed by atoms with E-state index in [2.05, 4.69) is 6.07 Å². The van der Waals surface area contributed by atoms with Crippen molar-refractivity contribution in [2.75, 3.05) is 26.3 Å². The predicted octanol–water partition coefficient (Wildman–Crippen LogP) is 6.48. The van der Waals surface area contributed by atoms with Crippen LogP contribution < -0.4 is 0 Å². The lowest BCUT2D eigenvalue weighted by atomic mass is 9.77. The van der Waals surface area contributed by atoms with E-state index >= 15 is 0 Å². The first kappa shape index (κ1) is 31.4. The predicted molar refractivity (Wildman–Crippen MR) is 164 cm³/mol. The number of rotatable bonds is 9. The Bertz CT molecular complexity index is 1470. The Labute approximate surface area is 254 Å². The summed E-state index contributed by atoms with van der Waals surface area (Å²) in [6.07, 6.45) is 0.590. The molecule has 1 saturated heterocycles. The highest BCUT2D eigenvalue weighted by Crippen LogP contribution is 2.38.